The largest absolute Gasteiger partial charge is 0.496 e. The maximum absolute atomic E-state index is 13.8. The summed E-state index contributed by atoms with van der Waals surface area (Å²) in [5, 5.41) is 15.0. The predicted molar refractivity (Wildman–Crippen MR) is 130 cm³/mol. The van der Waals surface area contributed by atoms with Crippen molar-refractivity contribution in [3.05, 3.63) is 90.3 Å². The van der Waals surface area contributed by atoms with Crippen molar-refractivity contribution in [3.8, 4) is 34.2 Å². The van der Waals surface area contributed by atoms with Crippen LogP contribution in [0, 0.1) is 23.0 Å². The van der Waals surface area contributed by atoms with Crippen molar-refractivity contribution in [3.63, 3.8) is 0 Å². The molecule has 2 aromatic heterocycles. The van der Waals surface area contributed by atoms with Crippen molar-refractivity contribution in [2.75, 3.05) is 11.8 Å². The van der Waals surface area contributed by atoms with Crippen molar-refractivity contribution in [2.45, 2.75) is 4.90 Å². The Morgan fingerprint density at radius 2 is 1.83 bits per heavy atom. The van der Waals surface area contributed by atoms with Crippen molar-refractivity contribution in [2.24, 2.45) is 0 Å². The molecule has 36 heavy (non-hydrogen) atoms. The van der Waals surface area contributed by atoms with Crippen LogP contribution in [0.4, 0.5) is 14.6 Å². The summed E-state index contributed by atoms with van der Waals surface area (Å²) < 4.78 is 53.5. The van der Waals surface area contributed by atoms with Crippen molar-refractivity contribution >= 4 is 27.6 Å². The summed E-state index contributed by atoms with van der Waals surface area (Å²) in [6, 6.07) is 16.9. The molecule has 0 radical (unpaired) electrons. The lowest BCUT2D eigenvalue weighted by Crippen LogP contribution is -2.04. The smallest absolute Gasteiger partial charge is 0.181 e. The number of hydrogen-bond acceptors (Lipinski definition) is 6. The van der Waals surface area contributed by atoms with Crippen LogP contribution in [-0.2, 0) is 11.0 Å². The molecular weight excluding hydrogens is 486 g/mol. The molecule has 1 N–H and O–H groups in total. The van der Waals surface area contributed by atoms with Gasteiger partial charge in [0.05, 0.1) is 29.3 Å². The summed E-state index contributed by atoms with van der Waals surface area (Å²) in [4.78, 5) is 5.01. The number of rotatable bonds is 6. The van der Waals surface area contributed by atoms with E-state index in [1.807, 2.05) is 0 Å². The zero-order valence-electron chi connectivity index (χ0n) is 18.7. The molecule has 0 amide bonds. The van der Waals surface area contributed by atoms with Crippen LogP contribution in [0.15, 0.2) is 82.5 Å². The molecule has 5 aromatic rings. The van der Waals surface area contributed by atoms with Gasteiger partial charge in [-0.15, -0.1) is 0 Å². The summed E-state index contributed by atoms with van der Waals surface area (Å²) in [6.45, 7) is 0. The third kappa shape index (κ3) is 4.39. The molecule has 0 fully saturated rings. The van der Waals surface area contributed by atoms with Crippen molar-refractivity contribution < 1.29 is 22.2 Å². The number of nitrogens with zero attached hydrogens (tertiary/aromatic N) is 3. The lowest BCUT2D eigenvalue weighted by molar-refractivity contribution is 0.416. The van der Waals surface area contributed by atoms with Crippen LogP contribution in [0.3, 0.4) is 0 Å². The monoisotopic (exact) mass is 502 g/mol. The van der Waals surface area contributed by atoms with Crippen LogP contribution >= 0.6 is 0 Å². The molecule has 0 spiro atoms. The van der Waals surface area contributed by atoms with Gasteiger partial charge in [0, 0.05) is 34.8 Å². The van der Waals surface area contributed by atoms with Gasteiger partial charge in [-0.1, -0.05) is 11.2 Å². The van der Waals surface area contributed by atoms with Gasteiger partial charge < -0.3 is 9.26 Å². The average Bonchev–Trinajstić information content (AvgIpc) is 3.39. The molecule has 5 rings (SSSR count). The van der Waals surface area contributed by atoms with Gasteiger partial charge in [0.1, 0.15) is 23.6 Å². The average molecular weight is 503 g/mol. The lowest BCUT2D eigenvalue weighted by Gasteiger charge is -2.15. The van der Waals surface area contributed by atoms with E-state index in [-0.39, 0.29) is 11.1 Å². The maximum atomic E-state index is 13.8. The van der Waals surface area contributed by atoms with Crippen LogP contribution in [0.1, 0.15) is 5.56 Å². The number of methoxy groups -OCH3 is 1. The minimum atomic E-state index is -1.58. The number of hydrogen-bond donors (Lipinski definition) is 1. The van der Waals surface area contributed by atoms with Gasteiger partial charge in [-0.05, 0) is 53.4 Å². The maximum Gasteiger partial charge on any atom is 0.181 e. The lowest BCUT2D eigenvalue weighted by atomic mass is 9.94. The molecule has 3 aromatic carbocycles. The first-order valence-electron chi connectivity index (χ1n) is 10.5. The normalized spacial score (nSPS) is 11.7. The Hall–Kier alpha value is -4.62. The van der Waals surface area contributed by atoms with Gasteiger partial charge in [-0.3, -0.25) is 9.71 Å². The van der Waals surface area contributed by atoms with Gasteiger partial charge in [-0.2, -0.15) is 5.26 Å². The Bertz CT molecular complexity index is 1650. The van der Waals surface area contributed by atoms with Crippen LogP contribution in [0.5, 0.6) is 5.75 Å². The third-order valence-electron chi connectivity index (χ3n) is 5.47. The van der Waals surface area contributed by atoms with Gasteiger partial charge >= 0.3 is 0 Å². The fourth-order valence-electron chi connectivity index (χ4n) is 3.88. The number of halogens is 2. The van der Waals surface area contributed by atoms with Crippen LogP contribution in [0.25, 0.3) is 33.2 Å². The second-order valence-corrected chi connectivity index (χ2v) is 8.88. The topological polar surface area (TPSA) is 101 Å². The fourth-order valence-corrected chi connectivity index (χ4v) is 4.72. The zero-order chi connectivity index (χ0) is 25.2. The van der Waals surface area contributed by atoms with E-state index in [1.165, 1.54) is 13.4 Å². The first-order valence-corrected chi connectivity index (χ1v) is 11.7. The first kappa shape index (κ1) is 23.1. The number of nitrogens with one attached hydrogen (secondary N) is 1. The van der Waals surface area contributed by atoms with E-state index in [0.717, 1.165) is 29.0 Å². The molecule has 0 saturated heterocycles. The van der Waals surface area contributed by atoms with E-state index in [4.69, 9.17) is 9.26 Å². The van der Waals surface area contributed by atoms with E-state index in [2.05, 4.69) is 20.9 Å². The third-order valence-corrected chi connectivity index (χ3v) is 6.55. The van der Waals surface area contributed by atoms with Gasteiger partial charge in [0.2, 0.25) is 0 Å². The standard InChI is InChI=1S/C26H16F2N4O3S/c1-34-24-13-22(16-8-18(27)12-19(28)9-16)17(14-29)11-23(24)26-21-3-2-20(10-15(21)4-6-30-26)36(33)32-25-5-7-35-31-25/h2-13H,1H3,(H,31,32). The van der Waals surface area contributed by atoms with E-state index < -0.39 is 22.6 Å². The number of aromatic nitrogens is 2. The Labute approximate surface area is 206 Å². The SMILES string of the molecule is COc1cc(-c2cc(F)cc(F)c2)c(C#N)cc1-c1nccc2cc(S(=O)Nc3ccon3)ccc12. The van der Waals surface area contributed by atoms with Gasteiger partial charge in [0.15, 0.2) is 16.8 Å². The summed E-state index contributed by atoms with van der Waals surface area (Å²) in [5.41, 5.74) is 1.79. The Morgan fingerprint density at radius 1 is 1.03 bits per heavy atom. The van der Waals surface area contributed by atoms with Crippen LogP contribution < -0.4 is 9.46 Å². The number of ether oxygens (including phenoxy) is 1. The van der Waals surface area contributed by atoms with Crippen molar-refractivity contribution in [1.82, 2.24) is 10.1 Å². The summed E-state index contributed by atoms with van der Waals surface area (Å²) >= 11 is 0. The zero-order valence-corrected chi connectivity index (χ0v) is 19.5. The molecule has 10 heteroatoms. The second kappa shape index (κ2) is 9.56. The van der Waals surface area contributed by atoms with Crippen LogP contribution in [0.2, 0.25) is 0 Å². The number of fused-ring (bicyclic) bond motifs is 1. The highest BCUT2D eigenvalue weighted by Gasteiger charge is 2.18. The Balaban J connectivity index is 1.61. The molecule has 0 aliphatic carbocycles. The number of pyridine rings is 1. The molecule has 2 heterocycles. The molecule has 1 atom stereocenters. The van der Waals surface area contributed by atoms with Crippen molar-refractivity contribution in [1.29, 1.82) is 5.26 Å². The molecule has 0 bridgehead atoms. The quantitative estimate of drug-likeness (QED) is 0.313. The first-order chi connectivity index (χ1) is 17.5. The van der Waals surface area contributed by atoms with Gasteiger partial charge in [-0.25, -0.2) is 13.0 Å². The summed E-state index contributed by atoms with van der Waals surface area (Å²) in [7, 11) is -0.120. The fraction of sp³-hybridized carbons (Fsp3) is 0.0385. The van der Waals surface area contributed by atoms with E-state index in [1.54, 1.807) is 48.7 Å². The van der Waals surface area contributed by atoms with E-state index >= 15 is 0 Å². The van der Waals surface area contributed by atoms with Crippen LogP contribution in [-0.4, -0.2) is 21.5 Å². The highest BCUT2D eigenvalue weighted by atomic mass is 32.2. The molecule has 7 nitrogen and oxygen atoms in total. The Morgan fingerprint density at radius 3 is 2.53 bits per heavy atom. The van der Waals surface area contributed by atoms with E-state index in [0.29, 0.717) is 33.3 Å². The molecular formula is C26H16F2N4O3S. The summed E-state index contributed by atoms with van der Waals surface area (Å²) in [6.07, 6.45) is 2.97. The second-order valence-electron chi connectivity index (χ2n) is 7.67. The highest BCUT2D eigenvalue weighted by Crippen LogP contribution is 2.39. The van der Waals surface area contributed by atoms with Gasteiger partial charge in [0.25, 0.3) is 0 Å². The number of nitriles is 1. The molecule has 0 saturated carbocycles. The Kier molecular flexibility index (Phi) is 6.14. The minimum absolute atomic E-state index is 0.198. The molecule has 0 aliphatic heterocycles. The summed E-state index contributed by atoms with van der Waals surface area (Å²) in [5.74, 6) is -0.789. The highest BCUT2D eigenvalue weighted by molar-refractivity contribution is 7.86. The molecule has 0 aliphatic rings. The molecule has 1 unspecified atom stereocenters. The number of benzene rings is 3. The molecule has 178 valence electrons. The van der Waals surface area contributed by atoms with E-state index in [9.17, 15) is 18.3 Å². The number of anilines is 1. The predicted octanol–water partition coefficient (Wildman–Crippen LogP) is 5.85. The minimum Gasteiger partial charge on any atom is -0.496 e.